The van der Waals surface area contributed by atoms with Gasteiger partial charge in [-0.2, -0.15) is 5.26 Å². The van der Waals surface area contributed by atoms with E-state index < -0.39 is 18.6 Å². The number of carbonyl (C=O) groups is 1. The lowest BCUT2D eigenvalue weighted by molar-refractivity contribution is -0.140. The summed E-state index contributed by atoms with van der Waals surface area (Å²) >= 11 is 6.75. The highest BCUT2D eigenvalue weighted by Gasteiger charge is 2.36. The van der Waals surface area contributed by atoms with Crippen LogP contribution in [-0.2, 0) is 35.7 Å². The Kier molecular flexibility index (Phi) is 12.0. The van der Waals surface area contributed by atoms with Crippen molar-refractivity contribution in [3.63, 3.8) is 0 Å². The molecule has 288 valence electrons. The van der Waals surface area contributed by atoms with Crippen LogP contribution in [0.2, 0.25) is 5.02 Å². The van der Waals surface area contributed by atoms with Gasteiger partial charge in [0.05, 0.1) is 23.3 Å². The lowest BCUT2D eigenvalue weighted by Gasteiger charge is -2.42. The summed E-state index contributed by atoms with van der Waals surface area (Å²) in [7, 11) is 1.80. The topological polar surface area (TPSA) is 137 Å². The number of nitrogens with zero attached hydrogens (tertiary/aromatic N) is 3. The van der Waals surface area contributed by atoms with Crippen molar-refractivity contribution in [1.82, 2.24) is 15.2 Å². The minimum atomic E-state index is -1.18. The van der Waals surface area contributed by atoms with E-state index in [4.69, 9.17) is 25.8 Å². The van der Waals surface area contributed by atoms with Crippen molar-refractivity contribution in [2.45, 2.75) is 64.6 Å². The molecule has 5 aromatic rings. The van der Waals surface area contributed by atoms with Crippen LogP contribution in [0.15, 0.2) is 85.2 Å². The van der Waals surface area contributed by atoms with Crippen LogP contribution < -0.4 is 14.8 Å². The number of carboxylic acids is 1. The Morgan fingerprint density at radius 2 is 1.71 bits per heavy atom. The van der Waals surface area contributed by atoms with Crippen LogP contribution in [0.5, 0.6) is 11.5 Å². The third-order valence-electron chi connectivity index (χ3n) is 11.1. The fraction of sp³-hybridized carbons (Fsp3) is 0.311. The van der Waals surface area contributed by atoms with E-state index in [2.05, 4.69) is 77.6 Å². The largest absolute Gasteiger partial charge is 0.488 e. The molecular weight excluding hydrogens is 728 g/mol. The maximum Gasteiger partial charge on any atom is 0.323 e. The number of hydrogen-bond donors (Lipinski definition) is 3. The molecule has 2 aliphatic rings. The summed E-state index contributed by atoms with van der Waals surface area (Å²) in [5, 5.41) is 31.4. The molecule has 0 bridgehead atoms. The molecule has 1 saturated heterocycles. The zero-order chi connectivity index (χ0) is 39.3. The van der Waals surface area contributed by atoms with E-state index in [1.54, 1.807) is 31.5 Å². The molecule has 11 heteroatoms. The number of carboxylic acid groups (broad SMARTS) is 1. The van der Waals surface area contributed by atoms with Crippen molar-refractivity contribution >= 4 is 17.6 Å². The van der Waals surface area contributed by atoms with E-state index in [9.17, 15) is 20.3 Å². The predicted molar refractivity (Wildman–Crippen MR) is 215 cm³/mol. The first kappa shape index (κ1) is 39.0. The zero-order valence-electron chi connectivity index (χ0n) is 31.7. The number of likely N-dealkylation sites (tertiary alicyclic amines) is 1. The molecular formula is C45H45ClN4O6. The molecule has 1 aliphatic heterocycles. The van der Waals surface area contributed by atoms with Crippen LogP contribution in [0.1, 0.15) is 57.0 Å². The summed E-state index contributed by atoms with van der Waals surface area (Å²) < 4.78 is 18.0. The number of pyridine rings is 1. The Bertz CT molecular complexity index is 2280. The number of rotatable bonds is 15. The monoisotopic (exact) mass is 772 g/mol. The number of ether oxygens (including phenoxy) is 3. The Balaban J connectivity index is 1.10. The SMILES string of the molecule is COC1CN(C2CCc3cc(-c4cccc(-c5cccc(COc6cc(OCc7cncc(C#N)c7)c(CNC(CO)C(=O)O)cc6Cl)c5C)c4C)ccc32)C1. The molecule has 7 rings (SSSR count). The second-order valence-corrected chi connectivity index (χ2v) is 14.9. The van der Waals surface area contributed by atoms with Gasteiger partial charge in [0.25, 0.3) is 0 Å². The second-order valence-electron chi connectivity index (χ2n) is 14.5. The third-order valence-corrected chi connectivity index (χ3v) is 11.4. The Morgan fingerprint density at radius 3 is 2.46 bits per heavy atom. The number of aliphatic hydroxyl groups is 1. The maximum atomic E-state index is 11.5. The summed E-state index contributed by atoms with van der Waals surface area (Å²) in [6, 6.07) is 26.1. The fourth-order valence-electron chi connectivity index (χ4n) is 7.75. The van der Waals surface area contributed by atoms with E-state index in [1.807, 2.05) is 12.1 Å². The number of methoxy groups -OCH3 is 1. The van der Waals surface area contributed by atoms with E-state index >= 15 is 0 Å². The number of aryl methyl sites for hydroxylation is 1. The zero-order valence-corrected chi connectivity index (χ0v) is 32.5. The smallest absolute Gasteiger partial charge is 0.323 e. The van der Waals surface area contributed by atoms with Crippen LogP contribution >= 0.6 is 11.6 Å². The van der Waals surface area contributed by atoms with Crippen molar-refractivity contribution < 1.29 is 29.2 Å². The number of hydrogen-bond acceptors (Lipinski definition) is 9. The first-order valence-electron chi connectivity index (χ1n) is 18.7. The average Bonchev–Trinajstić information content (AvgIpc) is 3.60. The van der Waals surface area contributed by atoms with Crippen molar-refractivity contribution in [2.24, 2.45) is 0 Å². The Labute approximate surface area is 332 Å². The minimum absolute atomic E-state index is 0.0583. The van der Waals surface area contributed by atoms with Crippen molar-refractivity contribution in [2.75, 3.05) is 26.8 Å². The highest BCUT2D eigenvalue weighted by atomic mass is 35.5. The molecule has 2 unspecified atom stereocenters. The van der Waals surface area contributed by atoms with Crippen LogP contribution in [0.3, 0.4) is 0 Å². The van der Waals surface area contributed by atoms with Crippen LogP contribution in [0.4, 0.5) is 0 Å². The van der Waals surface area contributed by atoms with Gasteiger partial charge in [-0.05, 0) is 88.9 Å². The number of halogens is 1. The number of aromatic nitrogens is 1. The van der Waals surface area contributed by atoms with Crippen molar-refractivity contribution in [1.29, 1.82) is 5.26 Å². The molecule has 2 heterocycles. The van der Waals surface area contributed by atoms with Gasteiger partial charge in [0.1, 0.15) is 36.8 Å². The summed E-state index contributed by atoms with van der Waals surface area (Å²) in [5.41, 5.74) is 12.6. The van der Waals surface area contributed by atoms with E-state index in [0.717, 1.165) is 48.2 Å². The summed E-state index contributed by atoms with van der Waals surface area (Å²) in [4.78, 5) is 18.2. The minimum Gasteiger partial charge on any atom is -0.488 e. The molecule has 3 N–H and O–H groups in total. The van der Waals surface area contributed by atoms with Gasteiger partial charge in [-0.15, -0.1) is 0 Å². The highest BCUT2D eigenvalue weighted by Crippen LogP contribution is 2.42. The summed E-state index contributed by atoms with van der Waals surface area (Å²) in [6.07, 6.45) is 5.66. The average molecular weight is 773 g/mol. The van der Waals surface area contributed by atoms with Crippen molar-refractivity contribution in [3.8, 4) is 39.8 Å². The van der Waals surface area contributed by atoms with E-state index in [-0.39, 0.29) is 19.8 Å². The summed E-state index contributed by atoms with van der Waals surface area (Å²) in [5.74, 6) is -0.386. The molecule has 1 fully saturated rings. The van der Waals surface area contributed by atoms with Crippen LogP contribution in [-0.4, -0.2) is 65.0 Å². The fourth-order valence-corrected chi connectivity index (χ4v) is 7.99. The Morgan fingerprint density at radius 1 is 0.964 bits per heavy atom. The number of benzene rings is 4. The molecule has 0 radical (unpaired) electrons. The van der Waals surface area contributed by atoms with Gasteiger partial charge in [0.15, 0.2) is 0 Å². The van der Waals surface area contributed by atoms with Crippen LogP contribution in [0, 0.1) is 25.2 Å². The standard InChI is InChI=1S/C45H45ClN4O6/c1-27-33(26-56-44-17-43(55-25-30-14-29(18-47)19-48-20-30)34(16-40(44)46)21-49-41(24-51)45(52)53)6-4-8-37(27)38-9-5-7-36(28(38)2)31-10-12-39-32(15-31)11-13-42(39)50-22-35(23-50)54-3/h4-10,12,14-17,19-20,35,41-42,49,51H,11,13,21-26H2,1-3H3,(H,52,53). The predicted octanol–water partition coefficient (Wildman–Crippen LogP) is 7.57. The number of nitrogens with one attached hydrogen (secondary N) is 1. The van der Waals surface area contributed by atoms with Crippen molar-refractivity contribution in [3.05, 3.63) is 135 Å². The number of fused-ring (bicyclic) bond motifs is 1. The lowest BCUT2D eigenvalue weighted by atomic mass is 9.89. The number of nitriles is 1. The van der Waals surface area contributed by atoms with Gasteiger partial charge in [-0.25, -0.2) is 0 Å². The maximum absolute atomic E-state index is 11.5. The number of aliphatic carboxylic acids is 1. The summed E-state index contributed by atoms with van der Waals surface area (Å²) in [6.45, 7) is 6.11. The Hall–Kier alpha value is -5.28. The van der Waals surface area contributed by atoms with Gasteiger partial charge in [0, 0.05) is 62.4 Å². The molecule has 1 aromatic heterocycles. The van der Waals surface area contributed by atoms with Crippen LogP contribution in [0.25, 0.3) is 22.3 Å². The van der Waals surface area contributed by atoms with E-state index in [0.29, 0.717) is 45.4 Å². The molecule has 0 saturated carbocycles. The quantitative estimate of drug-likeness (QED) is 0.0978. The van der Waals surface area contributed by atoms with Gasteiger partial charge < -0.3 is 24.4 Å². The van der Waals surface area contributed by atoms with E-state index in [1.165, 1.54) is 34.0 Å². The molecule has 10 nitrogen and oxygen atoms in total. The third kappa shape index (κ3) is 8.28. The molecule has 56 heavy (non-hydrogen) atoms. The van der Waals surface area contributed by atoms with Gasteiger partial charge in [0.2, 0.25) is 0 Å². The van der Waals surface area contributed by atoms with Gasteiger partial charge in [-0.1, -0.05) is 66.2 Å². The molecule has 0 amide bonds. The molecule has 2 atom stereocenters. The van der Waals surface area contributed by atoms with Gasteiger partial charge >= 0.3 is 5.97 Å². The first-order valence-corrected chi connectivity index (χ1v) is 19.1. The first-order chi connectivity index (χ1) is 27.2. The molecule has 0 spiro atoms. The second kappa shape index (κ2) is 17.2. The van der Waals surface area contributed by atoms with Gasteiger partial charge in [-0.3, -0.25) is 20.0 Å². The molecule has 4 aromatic carbocycles. The molecule has 1 aliphatic carbocycles. The normalized spacial score (nSPS) is 15.8. The highest BCUT2D eigenvalue weighted by molar-refractivity contribution is 6.32. The lowest BCUT2D eigenvalue weighted by Crippen LogP contribution is -2.52. The number of aliphatic hydroxyl groups excluding tert-OH is 1.